The summed E-state index contributed by atoms with van der Waals surface area (Å²) in [6.45, 7) is 6.00. The molecule has 0 atom stereocenters. The number of halogens is 1. The summed E-state index contributed by atoms with van der Waals surface area (Å²) in [6, 6.07) is 5.72. The highest BCUT2D eigenvalue weighted by Crippen LogP contribution is 2.10. The van der Waals surface area contributed by atoms with Crippen LogP contribution in [0.25, 0.3) is 0 Å². The molecule has 0 aliphatic carbocycles. The van der Waals surface area contributed by atoms with Gasteiger partial charge in [-0.2, -0.15) is 0 Å². The lowest BCUT2D eigenvalue weighted by atomic mass is 10.4. The van der Waals surface area contributed by atoms with Gasteiger partial charge in [-0.05, 0) is 26.0 Å². The van der Waals surface area contributed by atoms with E-state index in [1.165, 1.54) is 0 Å². The molecule has 3 nitrogen and oxygen atoms in total. The van der Waals surface area contributed by atoms with Crippen LogP contribution in [0.5, 0.6) is 0 Å². The number of hydrogen-bond donors (Lipinski definition) is 1. The van der Waals surface area contributed by atoms with Crippen molar-refractivity contribution in [3.05, 3.63) is 35.8 Å². The maximum Gasteiger partial charge on any atom is 0.131 e. The van der Waals surface area contributed by atoms with Crippen LogP contribution in [0.4, 0.5) is 5.82 Å². The molecule has 1 heterocycles. The second-order valence-electron chi connectivity index (χ2n) is 3.01. The number of rotatable bonds is 5. The molecule has 0 bridgehead atoms. The first-order valence-electron chi connectivity index (χ1n) is 5.05. The maximum atomic E-state index is 5.78. The van der Waals surface area contributed by atoms with Crippen LogP contribution >= 0.6 is 11.6 Å². The zero-order chi connectivity index (χ0) is 11.1. The van der Waals surface area contributed by atoms with Crippen molar-refractivity contribution in [2.75, 3.05) is 18.4 Å². The Kier molecular flexibility index (Phi) is 4.98. The van der Waals surface area contributed by atoms with Crippen LogP contribution in [0.3, 0.4) is 0 Å². The van der Waals surface area contributed by atoms with Crippen molar-refractivity contribution >= 4 is 17.4 Å². The Hall–Kier alpha value is -1.22. The molecule has 0 amide bonds. The molecule has 0 spiro atoms. The summed E-state index contributed by atoms with van der Waals surface area (Å²) in [4.78, 5) is 6.31. The molecule has 1 aromatic heterocycles. The monoisotopic (exact) mass is 225 g/mol. The van der Waals surface area contributed by atoms with Gasteiger partial charge in [0, 0.05) is 24.8 Å². The summed E-state index contributed by atoms with van der Waals surface area (Å²) in [5.74, 6) is 1.68. The van der Waals surface area contributed by atoms with Gasteiger partial charge in [0.25, 0.3) is 0 Å². The summed E-state index contributed by atoms with van der Waals surface area (Å²) in [6.07, 6.45) is 1.75. The first kappa shape index (κ1) is 11.9. The minimum Gasteiger partial charge on any atom is -0.358 e. The summed E-state index contributed by atoms with van der Waals surface area (Å²) in [7, 11) is 0. The predicted molar refractivity (Wildman–Crippen MR) is 64.7 cm³/mol. The minimum absolute atomic E-state index is 0.802. The molecule has 0 aliphatic heterocycles. The third-order valence-corrected chi connectivity index (χ3v) is 2.34. The van der Waals surface area contributed by atoms with Gasteiger partial charge in [-0.3, -0.25) is 0 Å². The van der Waals surface area contributed by atoms with Crippen LogP contribution in [0.2, 0.25) is 0 Å². The Morgan fingerprint density at radius 2 is 2.20 bits per heavy atom. The molecule has 15 heavy (non-hydrogen) atoms. The van der Waals surface area contributed by atoms with Gasteiger partial charge in [-0.15, -0.1) is 0 Å². The third kappa shape index (κ3) is 3.44. The van der Waals surface area contributed by atoms with E-state index in [1.807, 2.05) is 18.2 Å². The van der Waals surface area contributed by atoms with Crippen LogP contribution in [-0.2, 0) is 0 Å². The molecule has 1 rings (SSSR count). The normalized spacial score (nSPS) is 11.3. The Morgan fingerprint density at radius 3 is 2.67 bits per heavy atom. The molecule has 1 N–H and O–H groups in total. The standard InChI is InChI=1S/C11H16ClN3/c1-3-15(4-2)11(9-12)14-10-7-5-6-8-13-10/h5-9H,3-4H2,1-2H3,(H,13,14)/b11-9+. The van der Waals surface area contributed by atoms with E-state index in [9.17, 15) is 0 Å². The Labute approximate surface area is 95.8 Å². The highest BCUT2D eigenvalue weighted by Gasteiger charge is 2.05. The average Bonchev–Trinajstić information content (AvgIpc) is 2.30. The Morgan fingerprint density at radius 1 is 1.47 bits per heavy atom. The van der Waals surface area contributed by atoms with Gasteiger partial charge in [0.2, 0.25) is 0 Å². The highest BCUT2D eigenvalue weighted by atomic mass is 35.5. The molecule has 0 aromatic carbocycles. The van der Waals surface area contributed by atoms with Crippen molar-refractivity contribution in [2.24, 2.45) is 0 Å². The summed E-state index contributed by atoms with van der Waals surface area (Å²) < 4.78 is 0. The van der Waals surface area contributed by atoms with E-state index in [4.69, 9.17) is 11.6 Å². The molecule has 4 heteroatoms. The molecule has 0 fully saturated rings. The van der Waals surface area contributed by atoms with Crippen LogP contribution in [0.1, 0.15) is 13.8 Å². The maximum absolute atomic E-state index is 5.78. The van der Waals surface area contributed by atoms with E-state index in [0.29, 0.717) is 0 Å². The molecule has 0 unspecified atom stereocenters. The van der Waals surface area contributed by atoms with Crippen LogP contribution in [-0.4, -0.2) is 23.0 Å². The fraction of sp³-hybridized carbons (Fsp3) is 0.364. The molecular weight excluding hydrogens is 210 g/mol. The number of nitrogens with zero attached hydrogens (tertiary/aromatic N) is 2. The zero-order valence-electron chi connectivity index (χ0n) is 9.07. The number of pyridine rings is 1. The van der Waals surface area contributed by atoms with Crippen LogP contribution < -0.4 is 5.32 Å². The topological polar surface area (TPSA) is 28.2 Å². The van der Waals surface area contributed by atoms with Crippen molar-refractivity contribution in [2.45, 2.75) is 13.8 Å². The van der Waals surface area contributed by atoms with Gasteiger partial charge in [0.15, 0.2) is 0 Å². The van der Waals surface area contributed by atoms with E-state index in [2.05, 4.69) is 29.0 Å². The lowest BCUT2D eigenvalue weighted by Crippen LogP contribution is -2.26. The molecular formula is C11H16ClN3. The predicted octanol–water partition coefficient (Wildman–Crippen LogP) is 2.87. The average molecular weight is 226 g/mol. The zero-order valence-corrected chi connectivity index (χ0v) is 9.83. The van der Waals surface area contributed by atoms with Crippen molar-refractivity contribution < 1.29 is 0 Å². The lowest BCUT2D eigenvalue weighted by molar-refractivity contribution is 0.387. The number of aromatic nitrogens is 1. The smallest absolute Gasteiger partial charge is 0.131 e. The fourth-order valence-corrected chi connectivity index (χ4v) is 1.50. The number of nitrogens with one attached hydrogen (secondary N) is 1. The summed E-state index contributed by atoms with van der Waals surface area (Å²) >= 11 is 5.78. The van der Waals surface area contributed by atoms with E-state index < -0.39 is 0 Å². The largest absolute Gasteiger partial charge is 0.358 e. The highest BCUT2D eigenvalue weighted by molar-refractivity contribution is 6.25. The van der Waals surface area contributed by atoms with E-state index in [0.717, 1.165) is 24.7 Å². The third-order valence-electron chi connectivity index (χ3n) is 2.13. The lowest BCUT2D eigenvalue weighted by Gasteiger charge is -2.24. The van der Waals surface area contributed by atoms with Gasteiger partial charge >= 0.3 is 0 Å². The minimum atomic E-state index is 0.802. The number of hydrogen-bond acceptors (Lipinski definition) is 3. The molecule has 82 valence electrons. The van der Waals surface area contributed by atoms with Gasteiger partial charge in [-0.1, -0.05) is 17.7 Å². The van der Waals surface area contributed by atoms with Crippen molar-refractivity contribution in [1.82, 2.24) is 9.88 Å². The Balaban J connectivity index is 2.70. The fourth-order valence-electron chi connectivity index (χ4n) is 1.31. The quantitative estimate of drug-likeness (QED) is 0.835. The van der Waals surface area contributed by atoms with E-state index >= 15 is 0 Å². The SMILES string of the molecule is CCN(CC)/C(=C/Cl)Nc1ccccn1. The number of anilines is 1. The van der Waals surface area contributed by atoms with Gasteiger partial charge in [-0.25, -0.2) is 4.98 Å². The molecule has 0 aliphatic rings. The van der Waals surface area contributed by atoms with Crippen LogP contribution in [0, 0.1) is 0 Å². The second kappa shape index (κ2) is 6.30. The molecule has 1 aromatic rings. The summed E-state index contributed by atoms with van der Waals surface area (Å²) in [5, 5.41) is 3.17. The van der Waals surface area contributed by atoms with Crippen molar-refractivity contribution in [3.63, 3.8) is 0 Å². The van der Waals surface area contributed by atoms with Crippen molar-refractivity contribution in [3.8, 4) is 0 Å². The molecule has 0 saturated carbocycles. The van der Waals surface area contributed by atoms with Crippen molar-refractivity contribution in [1.29, 1.82) is 0 Å². The first-order chi connectivity index (χ1) is 7.31. The van der Waals surface area contributed by atoms with Crippen LogP contribution in [0.15, 0.2) is 35.8 Å². The van der Waals surface area contributed by atoms with E-state index in [-0.39, 0.29) is 0 Å². The van der Waals surface area contributed by atoms with Gasteiger partial charge in [0.1, 0.15) is 11.6 Å². The first-order valence-corrected chi connectivity index (χ1v) is 5.48. The second-order valence-corrected chi connectivity index (χ2v) is 3.22. The Bertz CT molecular complexity index is 307. The van der Waals surface area contributed by atoms with Gasteiger partial charge < -0.3 is 10.2 Å². The van der Waals surface area contributed by atoms with E-state index in [1.54, 1.807) is 11.7 Å². The summed E-state index contributed by atoms with van der Waals surface area (Å²) in [5.41, 5.74) is 1.54. The van der Waals surface area contributed by atoms with Gasteiger partial charge in [0.05, 0.1) is 0 Å². The molecule has 0 radical (unpaired) electrons. The molecule has 0 saturated heterocycles.